The molecule has 0 saturated carbocycles. The molecule has 17 heavy (non-hydrogen) atoms. The largest absolute Gasteiger partial charge is 0.399 e. The predicted octanol–water partition coefficient (Wildman–Crippen LogP) is 2.57. The van der Waals surface area contributed by atoms with Crippen LogP contribution in [0.3, 0.4) is 0 Å². The lowest BCUT2D eigenvalue weighted by Crippen LogP contribution is -1.94. The molecule has 0 spiro atoms. The van der Waals surface area contributed by atoms with Crippen LogP contribution in [0.5, 0.6) is 0 Å². The molecule has 0 aliphatic heterocycles. The molecule has 1 aromatic heterocycles. The van der Waals surface area contributed by atoms with Gasteiger partial charge in [-0.3, -0.25) is 4.68 Å². The zero-order chi connectivity index (χ0) is 12.4. The third-order valence-corrected chi connectivity index (χ3v) is 3.27. The number of nitrogen functional groups attached to an aromatic ring is 1. The van der Waals surface area contributed by atoms with E-state index in [9.17, 15) is 8.78 Å². The molecule has 0 aliphatic rings. The molecule has 0 amide bonds. The van der Waals surface area contributed by atoms with E-state index in [0.717, 1.165) is 29.6 Å². The summed E-state index contributed by atoms with van der Waals surface area (Å²) in [6.07, 6.45) is 1.78. The number of benzene rings is 1. The van der Waals surface area contributed by atoms with E-state index in [2.05, 4.69) is 5.10 Å². The van der Waals surface area contributed by atoms with Crippen LogP contribution in [0.25, 0.3) is 0 Å². The molecule has 0 fully saturated rings. The molecule has 2 rings (SSSR count). The second kappa shape index (κ2) is 4.75. The SMILES string of the molecule is Cn1ccc(CSc2c(F)cc(N)cc2F)n1. The maximum atomic E-state index is 13.5. The van der Waals surface area contributed by atoms with Gasteiger partial charge in [-0.25, -0.2) is 8.78 Å². The molecule has 2 N–H and O–H groups in total. The smallest absolute Gasteiger partial charge is 0.141 e. The van der Waals surface area contributed by atoms with Gasteiger partial charge in [-0.1, -0.05) is 0 Å². The van der Waals surface area contributed by atoms with E-state index in [-0.39, 0.29) is 10.6 Å². The Labute approximate surface area is 102 Å². The fourth-order valence-corrected chi connectivity index (χ4v) is 2.24. The first kappa shape index (κ1) is 11.9. The van der Waals surface area contributed by atoms with Crippen molar-refractivity contribution < 1.29 is 8.78 Å². The van der Waals surface area contributed by atoms with Gasteiger partial charge in [0.05, 0.1) is 10.6 Å². The number of anilines is 1. The Kier molecular flexibility index (Phi) is 3.33. The summed E-state index contributed by atoms with van der Waals surface area (Å²) in [4.78, 5) is -0.0233. The topological polar surface area (TPSA) is 43.8 Å². The zero-order valence-electron chi connectivity index (χ0n) is 9.15. The monoisotopic (exact) mass is 255 g/mol. The Morgan fingerprint density at radius 3 is 2.53 bits per heavy atom. The van der Waals surface area contributed by atoms with Crippen LogP contribution in [0.2, 0.25) is 0 Å². The van der Waals surface area contributed by atoms with Crippen LogP contribution in [0, 0.1) is 11.6 Å². The fraction of sp³-hybridized carbons (Fsp3) is 0.182. The third-order valence-electron chi connectivity index (χ3n) is 2.15. The number of nitrogens with two attached hydrogens (primary N) is 1. The number of nitrogens with zero attached hydrogens (tertiary/aromatic N) is 2. The number of rotatable bonds is 3. The lowest BCUT2D eigenvalue weighted by atomic mass is 10.3. The Morgan fingerprint density at radius 2 is 2.00 bits per heavy atom. The number of hydrogen-bond acceptors (Lipinski definition) is 3. The molecule has 1 heterocycles. The van der Waals surface area contributed by atoms with Gasteiger partial charge in [0.1, 0.15) is 11.6 Å². The zero-order valence-corrected chi connectivity index (χ0v) is 9.97. The van der Waals surface area contributed by atoms with Crippen molar-refractivity contribution in [3.63, 3.8) is 0 Å². The molecule has 3 nitrogen and oxygen atoms in total. The first-order valence-electron chi connectivity index (χ1n) is 4.92. The molecule has 0 bridgehead atoms. The number of halogens is 2. The van der Waals surface area contributed by atoms with Gasteiger partial charge < -0.3 is 5.73 Å². The van der Waals surface area contributed by atoms with E-state index in [1.807, 2.05) is 0 Å². The standard InChI is InChI=1S/C11H11F2N3S/c1-16-3-2-8(15-16)6-17-11-9(12)4-7(14)5-10(11)13/h2-5H,6,14H2,1H3. The van der Waals surface area contributed by atoms with E-state index in [0.29, 0.717) is 5.75 Å². The number of hydrogen-bond donors (Lipinski definition) is 1. The van der Waals surface area contributed by atoms with Crippen molar-refractivity contribution in [1.82, 2.24) is 9.78 Å². The molecule has 0 aliphatic carbocycles. The van der Waals surface area contributed by atoms with E-state index in [1.165, 1.54) is 0 Å². The lowest BCUT2D eigenvalue weighted by molar-refractivity contribution is 0.542. The Morgan fingerprint density at radius 1 is 1.35 bits per heavy atom. The van der Waals surface area contributed by atoms with Crippen molar-refractivity contribution in [2.24, 2.45) is 7.05 Å². The van der Waals surface area contributed by atoms with Crippen molar-refractivity contribution in [2.45, 2.75) is 10.6 Å². The lowest BCUT2D eigenvalue weighted by Gasteiger charge is -2.04. The van der Waals surface area contributed by atoms with Gasteiger partial charge in [0.2, 0.25) is 0 Å². The van der Waals surface area contributed by atoms with Gasteiger partial charge in [-0.2, -0.15) is 5.10 Å². The molecule has 0 saturated heterocycles. The van der Waals surface area contributed by atoms with Crippen LogP contribution in [-0.2, 0) is 12.8 Å². The molecule has 90 valence electrons. The summed E-state index contributed by atoms with van der Waals surface area (Å²) in [5.74, 6) is -0.856. The fourth-order valence-electron chi connectivity index (χ4n) is 1.40. The normalized spacial score (nSPS) is 10.8. The molecule has 0 radical (unpaired) electrons. The maximum Gasteiger partial charge on any atom is 0.141 e. The highest BCUT2D eigenvalue weighted by molar-refractivity contribution is 7.98. The van der Waals surface area contributed by atoms with Crippen LogP contribution >= 0.6 is 11.8 Å². The molecule has 0 unspecified atom stereocenters. The second-order valence-corrected chi connectivity index (χ2v) is 4.57. The quantitative estimate of drug-likeness (QED) is 0.677. The van der Waals surface area contributed by atoms with E-state index in [4.69, 9.17) is 5.73 Å². The molecule has 6 heteroatoms. The first-order valence-corrected chi connectivity index (χ1v) is 5.90. The van der Waals surface area contributed by atoms with Gasteiger partial charge in [0.15, 0.2) is 0 Å². The van der Waals surface area contributed by atoms with Crippen LogP contribution in [0.15, 0.2) is 29.3 Å². The minimum atomic E-state index is -0.636. The van der Waals surface area contributed by atoms with Crippen molar-refractivity contribution in [1.29, 1.82) is 0 Å². The minimum Gasteiger partial charge on any atom is -0.399 e. The summed E-state index contributed by atoms with van der Waals surface area (Å²) in [5.41, 5.74) is 6.19. The average Bonchev–Trinajstić information content (AvgIpc) is 2.62. The second-order valence-electron chi connectivity index (χ2n) is 3.58. The van der Waals surface area contributed by atoms with Gasteiger partial charge >= 0.3 is 0 Å². The number of aromatic nitrogens is 2. The van der Waals surface area contributed by atoms with Crippen LogP contribution in [-0.4, -0.2) is 9.78 Å². The number of aryl methyl sites for hydroxylation is 1. The number of thioether (sulfide) groups is 1. The average molecular weight is 255 g/mol. The summed E-state index contributed by atoms with van der Waals surface area (Å²) in [6.45, 7) is 0. The van der Waals surface area contributed by atoms with Crippen molar-refractivity contribution in [3.8, 4) is 0 Å². The summed E-state index contributed by atoms with van der Waals surface area (Å²) in [7, 11) is 1.79. The van der Waals surface area contributed by atoms with E-state index >= 15 is 0 Å². The van der Waals surface area contributed by atoms with Crippen molar-refractivity contribution >= 4 is 17.4 Å². The summed E-state index contributed by atoms with van der Waals surface area (Å²) >= 11 is 1.07. The highest BCUT2D eigenvalue weighted by Crippen LogP contribution is 2.29. The van der Waals surface area contributed by atoms with E-state index < -0.39 is 11.6 Å². The van der Waals surface area contributed by atoms with Gasteiger partial charge in [-0.15, -0.1) is 11.8 Å². The van der Waals surface area contributed by atoms with Crippen molar-refractivity contribution in [3.05, 3.63) is 41.7 Å². The summed E-state index contributed by atoms with van der Waals surface area (Å²) < 4.78 is 28.5. The maximum absolute atomic E-state index is 13.5. The molecule has 2 aromatic rings. The molecule has 0 atom stereocenters. The predicted molar refractivity (Wildman–Crippen MR) is 63.5 cm³/mol. The van der Waals surface area contributed by atoms with Gasteiger partial charge in [-0.05, 0) is 18.2 Å². The Bertz CT molecular complexity index is 516. The summed E-state index contributed by atoms with van der Waals surface area (Å²) in [5, 5.41) is 4.13. The first-order chi connectivity index (χ1) is 8.06. The van der Waals surface area contributed by atoms with Gasteiger partial charge in [0, 0.05) is 24.7 Å². The minimum absolute atomic E-state index is 0.0233. The van der Waals surface area contributed by atoms with E-state index in [1.54, 1.807) is 24.0 Å². The van der Waals surface area contributed by atoms with Gasteiger partial charge in [0.25, 0.3) is 0 Å². The molecular formula is C11H11F2N3S. The highest BCUT2D eigenvalue weighted by atomic mass is 32.2. The van der Waals surface area contributed by atoms with Crippen LogP contribution in [0.4, 0.5) is 14.5 Å². The van der Waals surface area contributed by atoms with Crippen LogP contribution in [0.1, 0.15) is 5.69 Å². The third kappa shape index (κ3) is 2.76. The Balaban J connectivity index is 2.14. The Hall–Kier alpha value is -1.56. The molecule has 1 aromatic carbocycles. The highest BCUT2D eigenvalue weighted by Gasteiger charge is 2.11. The summed E-state index contributed by atoms with van der Waals surface area (Å²) in [6, 6.07) is 4.04. The molecular weight excluding hydrogens is 244 g/mol. The van der Waals surface area contributed by atoms with Crippen LogP contribution < -0.4 is 5.73 Å². The van der Waals surface area contributed by atoms with Crippen molar-refractivity contribution in [2.75, 3.05) is 5.73 Å².